The van der Waals surface area contributed by atoms with Crippen LogP contribution in [0.25, 0.3) is 22.2 Å². The van der Waals surface area contributed by atoms with Gasteiger partial charge >= 0.3 is 0 Å². The van der Waals surface area contributed by atoms with E-state index in [1.807, 2.05) is 72.9 Å². The number of aliphatic hydroxyl groups is 1. The number of nitrogens with zero attached hydrogens (tertiary/aromatic N) is 3. The van der Waals surface area contributed by atoms with Crippen molar-refractivity contribution in [2.75, 3.05) is 29.9 Å². The number of nitrogens with one attached hydrogen (secondary N) is 1. The van der Waals surface area contributed by atoms with Crippen LogP contribution >= 0.6 is 0 Å². The third kappa shape index (κ3) is 4.86. The fourth-order valence-electron chi connectivity index (χ4n) is 4.26. The SMILES string of the molecule is O=C(Cc1ccccc1)Nc1ccc(-c2ccc3ncc(N4CCC(CO)C4)nc3c2)cc1. The highest BCUT2D eigenvalue weighted by molar-refractivity contribution is 5.92. The third-order valence-electron chi connectivity index (χ3n) is 6.11. The molecule has 1 aromatic heterocycles. The molecule has 1 aliphatic heterocycles. The van der Waals surface area contributed by atoms with Gasteiger partial charge in [-0.25, -0.2) is 4.98 Å². The predicted octanol–water partition coefficient (Wildman–Crippen LogP) is 4.30. The number of aliphatic hydroxyl groups excluding tert-OH is 1. The average molecular weight is 439 g/mol. The van der Waals surface area contributed by atoms with Crippen molar-refractivity contribution in [2.45, 2.75) is 12.8 Å². The average Bonchev–Trinajstić information content (AvgIpc) is 3.34. The molecule has 1 saturated heterocycles. The van der Waals surface area contributed by atoms with E-state index in [1.54, 1.807) is 0 Å². The first kappa shape index (κ1) is 21.1. The molecule has 1 fully saturated rings. The quantitative estimate of drug-likeness (QED) is 0.469. The van der Waals surface area contributed by atoms with E-state index in [2.05, 4.69) is 21.3 Å². The number of carbonyl (C=O) groups excluding carboxylic acids is 1. The van der Waals surface area contributed by atoms with Crippen LogP contribution in [0.4, 0.5) is 11.5 Å². The number of aromatic nitrogens is 2. The molecule has 3 aromatic carbocycles. The van der Waals surface area contributed by atoms with Gasteiger partial charge in [0.15, 0.2) is 0 Å². The zero-order valence-corrected chi connectivity index (χ0v) is 18.3. The molecule has 1 unspecified atom stereocenters. The maximum Gasteiger partial charge on any atom is 0.228 e. The third-order valence-corrected chi connectivity index (χ3v) is 6.11. The van der Waals surface area contributed by atoms with Gasteiger partial charge in [-0.3, -0.25) is 9.78 Å². The number of amides is 1. The molecule has 0 radical (unpaired) electrons. The van der Waals surface area contributed by atoms with E-state index in [0.29, 0.717) is 12.3 Å². The Kier molecular flexibility index (Phi) is 6.00. The summed E-state index contributed by atoms with van der Waals surface area (Å²) in [5.41, 5.74) is 5.56. The van der Waals surface area contributed by atoms with Gasteiger partial charge in [-0.2, -0.15) is 0 Å². The van der Waals surface area contributed by atoms with Crippen molar-refractivity contribution in [3.63, 3.8) is 0 Å². The van der Waals surface area contributed by atoms with Crippen molar-refractivity contribution >= 4 is 28.4 Å². The summed E-state index contributed by atoms with van der Waals surface area (Å²) < 4.78 is 0. The molecule has 1 aliphatic rings. The summed E-state index contributed by atoms with van der Waals surface area (Å²) in [7, 11) is 0. The van der Waals surface area contributed by atoms with Gasteiger partial charge in [0.1, 0.15) is 5.82 Å². The van der Waals surface area contributed by atoms with Gasteiger partial charge in [-0.15, -0.1) is 0 Å². The van der Waals surface area contributed by atoms with E-state index in [1.165, 1.54) is 0 Å². The fraction of sp³-hybridized carbons (Fsp3) is 0.222. The van der Waals surface area contributed by atoms with Crippen LogP contribution in [0.5, 0.6) is 0 Å². The summed E-state index contributed by atoms with van der Waals surface area (Å²) in [5, 5.41) is 12.4. The van der Waals surface area contributed by atoms with Crippen molar-refractivity contribution < 1.29 is 9.90 Å². The molecule has 1 atom stereocenters. The van der Waals surface area contributed by atoms with Gasteiger partial charge < -0.3 is 15.3 Å². The molecule has 6 heteroatoms. The molecule has 4 aromatic rings. The molecule has 0 saturated carbocycles. The largest absolute Gasteiger partial charge is 0.396 e. The highest BCUT2D eigenvalue weighted by atomic mass is 16.3. The normalized spacial score (nSPS) is 15.7. The van der Waals surface area contributed by atoms with Crippen LogP contribution in [0, 0.1) is 5.92 Å². The number of benzene rings is 3. The Morgan fingerprint density at radius 1 is 1.00 bits per heavy atom. The van der Waals surface area contributed by atoms with Gasteiger partial charge in [-0.1, -0.05) is 48.5 Å². The minimum absolute atomic E-state index is 0.0344. The second kappa shape index (κ2) is 9.38. The highest BCUT2D eigenvalue weighted by Crippen LogP contribution is 2.27. The lowest BCUT2D eigenvalue weighted by molar-refractivity contribution is -0.115. The number of anilines is 2. The standard InChI is InChI=1S/C27H26N4O2/c32-18-20-12-13-31(17-20)26-16-28-24-11-8-22(15-25(24)30-26)21-6-9-23(10-7-21)29-27(33)14-19-4-2-1-3-5-19/h1-11,15-16,20,32H,12-14,17-18H2,(H,29,33). The van der Waals surface area contributed by atoms with E-state index in [4.69, 9.17) is 4.98 Å². The first-order chi connectivity index (χ1) is 16.2. The first-order valence-corrected chi connectivity index (χ1v) is 11.2. The molecule has 0 aliphatic carbocycles. The molecular formula is C27H26N4O2. The second-order valence-corrected chi connectivity index (χ2v) is 8.50. The lowest BCUT2D eigenvalue weighted by Crippen LogP contribution is -2.21. The zero-order valence-electron chi connectivity index (χ0n) is 18.3. The molecule has 166 valence electrons. The first-order valence-electron chi connectivity index (χ1n) is 11.2. The lowest BCUT2D eigenvalue weighted by atomic mass is 10.0. The molecule has 2 heterocycles. The Hall–Kier alpha value is -3.77. The highest BCUT2D eigenvalue weighted by Gasteiger charge is 2.23. The molecule has 2 N–H and O–H groups in total. The number of hydrogen-bond acceptors (Lipinski definition) is 5. The van der Waals surface area contributed by atoms with Crippen LogP contribution < -0.4 is 10.2 Å². The molecule has 0 bridgehead atoms. The molecule has 5 rings (SSSR count). The monoisotopic (exact) mass is 438 g/mol. The molecule has 6 nitrogen and oxygen atoms in total. The Morgan fingerprint density at radius 2 is 1.79 bits per heavy atom. The van der Waals surface area contributed by atoms with Gasteiger partial charge in [0.25, 0.3) is 0 Å². The van der Waals surface area contributed by atoms with Crippen LogP contribution in [0.3, 0.4) is 0 Å². The van der Waals surface area contributed by atoms with E-state index >= 15 is 0 Å². The van der Waals surface area contributed by atoms with E-state index in [0.717, 1.165) is 58.7 Å². The number of rotatable bonds is 6. The van der Waals surface area contributed by atoms with Gasteiger partial charge in [-0.05, 0) is 47.4 Å². The lowest BCUT2D eigenvalue weighted by Gasteiger charge is -2.17. The number of hydrogen-bond donors (Lipinski definition) is 2. The molecule has 33 heavy (non-hydrogen) atoms. The van der Waals surface area contributed by atoms with Crippen molar-refractivity contribution in [1.29, 1.82) is 0 Å². The maximum atomic E-state index is 12.3. The summed E-state index contributed by atoms with van der Waals surface area (Å²) >= 11 is 0. The summed E-state index contributed by atoms with van der Waals surface area (Å²) in [6.45, 7) is 1.92. The summed E-state index contributed by atoms with van der Waals surface area (Å²) in [6.07, 6.45) is 3.14. The Bertz CT molecular complexity index is 1260. The topological polar surface area (TPSA) is 78.4 Å². The fourth-order valence-corrected chi connectivity index (χ4v) is 4.26. The molecular weight excluding hydrogens is 412 g/mol. The predicted molar refractivity (Wildman–Crippen MR) is 131 cm³/mol. The van der Waals surface area contributed by atoms with Crippen molar-refractivity contribution in [2.24, 2.45) is 5.92 Å². The van der Waals surface area contributed by atoms with Crippen LogP contribution in [0.1, 0.15) is 12.0 Å². The summed E-state index contributed by atoms with van der Waals surface area (Å²) in [5.74, 6) is 1.13. The van der Waals surface area contributed by atoms with Crippen LogP contribution in [0.2, 0.25) is 0 Å². The summed E-state index contributed by atoms with van der Waals surface area (Å²) in [4.78, 5) is 23.9. The van der Waals surface area contributed by atoms with Crippen LogP contribution in [-0.4, -0.2) is 40.7 Å². The smallest absolute Gasteiger partial charge is 0.228 e. The Labute approximate surface area is 192 Å². The second-order valence-electron chi connectivity index (χ2n) is 8.50. The van der Waals surface area contributed by atoms with Gasteiger partial charge in [0.05, 0.1) is 23.7 Å². The van der Waals surface area contributed by atoms with E-state index in [9.17, 15) is 9.90 Å². The van der Waals surface area contributed by atoms with Gasteiger partial charge in [0.2, 0.25) is 5.91 Å². The number of carbonyl (C=O) groups is 1. The van der Waals surface area contributed by atoms with Gasteiger partial charge in [0, 0.05) is 31.3 Å². The Balaban J connectivity index is 1.30. The van der Waals surface area contributed by atoms with E-state index < -0.39 is 0 Å². The maximum absolute atomic E-state index is 12.3. The van der Waals surface area contributed by atoms with E-state index in [-0.39, 0.29) is 12.5 Å². The van der Waals surface area contributed by atoms with Crippen molar-refractivity contribution in [3.05, 3.63) is 84.6 Å². The van der Waals surface area contributed by atoms with Crippen LogP contribution in [0.15, 0.2) is 79.0 Å². The summed E-state index contributed by atoms with van der Waals surface area (Å²) in [6, 6.07) is 23.6. The number of fused-ring (bicyclic) bond motifs is 1. The molecule has 0 spiro atoms. The van der Waals surface area contributed by atoms with Crippen LogP contribution in [-0.2, 0) is 11.2 Å². The van der Waals surface area contributed by atoms with Crippen molar-refractivity contribution in [1.82, 2.24) is 9.97 Å². The molecule has 1 amide bonds. The minimum atomic E-state index is -0.0344. The van der Waals surface area contributed by atoms with Crippen molar-refractivity contribution in [3.8, 4) is 11.1 Å². The Morgan fingerprint density at radius 3 is 2.55 bits per heavy atom. The minimum Gasteiger partial charge on any atom is -0.396 e. The zero-order chi connectivity index (χ0) is 22.6.